The molecule has 1 aromatic carbocycles. The van der Waals surface area contributed by atoms with Crippen LogP contribution in [0.5, 0.6) is 0 Å². The van der Waals surface area contributed by atoms with Crippen molar-refractivity contribution in [2.75, 3.05) is 13.1 Å². The first-order valence-corrected chi connectivity index (χ1v) is 6.75. The first kappa shape index (κ1) is 12.1. The van der Waals surface area contributed by atoms with E-state index in [2.05, 4.69) is 0 Å². The lowest BCUT2D eigenvalue weighted by Crippen LogP contribution is -2.53. The van der Waals surface area contributed by atoms with Gasteiger partial charge in [0.1, 0.15) is 4.90 Å². The van der Waals surface area contributed by atoms with Crippen molar-refractivity contribution in [3.63, 3.8) is 0 Å². The van der Waals surface area contributed by atoms with Crippen LogP contribution in [0.3, 0.4) is 0 Å². The van der Waals surface area contributed by atoms with Crippen molar-refractivity contribution in [3.8, 4) is 0 Å². The molecule has 7 heteroatoms. The molecule has 0 unspecified atom stereocenters. The van der Waals surface area contributed by atoms with E-state index in [-0.39, 0.29) is 28.0 Å². The third kappa shape index (κ3) is 1.94. The molecule has 0 spiro atoms. The molecule has 0 bridgehead atoms. The highest BCUT2D eigenvalue weighted by molar-refractivity contribution is 7.89. The zero-order valence-corrected chi connectivity index (χ0v) is 10.4. The molecule has 1 N–H and O–H groups in total. The van der Waals surface area contributed by atoms with E-state index in [9.17, 15) is 8.42 Å². The highest BCUT2D eigenvalue weighted by atomic mass is 35.5. The first-order valence-electron chi connectivity index (χ1n) is 4.55. The summed E-state index contributed by atoms with van der Waals surface area (Å²) in [6.45, 7) is 0.205. The summed E-state index contributed by atoms with van der Waals surface area (Å²) < 4.78 is 25.2. The summed E-state index contributed by atoms with van der Waals surface area (Å²) in [4.78, 5) is -0.0198. The Hall–Kier alpha value is -0.330. The number of nitrogens with zero attached hydrogens (tertiary/aromatic N) is 1. The van der Waals surface area contributed by atoms with Gasteiger partial charge in [0.2, 0.25) is 10.0 Å². The van der Waals surface area contributed by atoms with Gasteiger partial charge in [-0.05, 0) is 12.1 Å². The normalized spacial score (nSPS) is 18.4. The third-order valence-electron chi connectivity index (χ3n) is 2.36. The van der Waals surface area contributed by atoms with Crippen LogP contribution in [-0.2, 0) is 10.0 Å². The fourth-order valence-corrected chi connectivity index (χ4v) is 3.69. The second-order valence-electron chi connectivity index (χ2n) is 3.53. The van der Waals surface area contributed by atoms with E-state index in [1.165, 1.54) is 18.2 Å². The number of aliphatic hydroxyl groups excluding tert-OH is 1. The minimum atomic E-state index is -3.63. The Morgan fingerprint density at radius 3 is 2.50 bits per heavy atom. The SMILES string of the molecule is O=S(=O)(c1cccc(Cl)c1Cl)N1CC(O)C1. The fraction of sp³-hybridized carbons (Fsp3) is 0.333. The molecule has 1 fully saturated rings. The molecule has 1 saturated heterocycles. The fourth-order valence-electron chi connectivity index (χ4n) is 1.44. The van der Waals surface area contributed by atoms with E-state index < -0.39 is 16.1 Å². The number of β-amino-alcohol motifs (C(OH)–C–C–N with tert-alkyl or cyclic N) is 1. The number of rotatable bonds is 2. The molecule has 1 aliphatic rings. The van der Waals surface area contributed by atoms with Crippen LogP contribution in [0.1, 0.15) is 0 Å². The van der Waals surface area contributed by atoms with Crippen LogP contribution < -0.4 is 0 Å². The number of benzene rings is 1. The Balaban J connectivity index is 2.40. The van der Waals surface area contributed by atoms with E-state index >= 15 is 0 Å². The van der Waals surface area contributed by atoms with Crippen molar-refractivity contribution in [1.29, 1.82) is 0 Å². The molecule has 0 amide bonds. The average molecular weight is 282 g/mol. The maximum Gasteiger partial charge on any atom is 0.244 e. The van der Waals surface area contributed by atoms with Gasteiger partial charge in [-0.3, -0.25) is 0 Å². The molecule has 2 rings (SSSR count). The lowest BCUT2D eigenvalue weighted by atomic mass is 10.2. The van der Waals surface area contributed by atoms with Gasteiger partial charge in [-0.15, -0.1) is 0 Å². The van der Waals surface area contributed by atoms with Crippen molar-refractivity contribution in [2.45, 2.75) is 11.0 Å². The van der Waals surface area contributed by atoms with E-state index in [0.29, 0.717) is 0 Å². The second-order valence-corrected chi connectivity index (χ2v) is 6.22. The van der Waals surface area contributed by atoms with Gasteiger partial charge in [0.05, 0.1) is 16.1 Å². The maximum atomic E-state index is 12.0. The van der Waals surface area contributed by atoms with Gasteiger partial charge in [0.15, 0.2) is 0 Å². The molecule has 1 heterocycles. The first-order chi connectivity index (χ1) is 7.43. The Kier molecular flexibility index (Phi) is 3.16. The van der Waals surface area contributed by atoms with Crippen LogP contribution in [0.4, 0.5) is 0 Å². The van der Waals surface area contributed by atoms with E-state index in [0.717, 1.165) is 4.31 Å². The lowest BCUT2D eigenvalue weighted by molar-refractivity contribution is 0.0548. The van der Waals surface area contributed by atoms with Crippen molar-refractivity contribution in [2.24, 2.45) is 0 Å². The Morgan fingerprint density at radius 1 is 1.31 bits per heavy atom. The zero-order valence-electron chi connectivity index (χ0n) is 8.10. The average Bonchev–Trinajstić information content (AvgIpc) is 2.17. The topological polar surface area (TPSA) is 57.6 Å². The van der Waals surface area contributed by atoms with E-state index in [4.69, 9.17) is 28.3 Å². The molecule has 1 aromatic rings. The van der Waals surface area contributed by atoms with Crippen molar-refractivity contribution < 1.29 is 13.5 Å². The molecule has 0 radical (unpaired) electrons. The van der Waals surface area contributed by atoms with Crippen LogP contribution in [0.25, 0.3) is 0 Å². The third-order valence-corrected chi connectivity index (χ3v) is 5.17. The van der Waals surface area contributed by atoms with E-state index in [1.54, 1.807) is 0 Å². The van der Waals surface area contributed by atoms with Crippen molar-refractivity contribution in [3.05, 3.63) is 28.2 Å². The standard InChI is InChI=1S/C9H9Cl2NO3S/c10-7-2-1-3-8(9(7)11)16(14,15)12-4-6(13)5-12/h1-3,6,13H,4-5H2. The van der Waals surface area contributed by atoms with E-state index in [1.807, 2.05) is 0 Å². The molecule has 1 aliphatic heterocycles. The van der Waals surface area contributed by atoms with Crippen molar-refractivity contribution >= 4 is 33.2 Å². The number of sulfonamides is 1. The molecule has 16 heavy (non-hydrogen) atoms. The number of hydrogen-bond acceptors (Lipinski definition) is 3. The molecule has 0 aromatic heterocycles. The minimum Gasteiger partial charge on any atom is -0.390 e. The molecule has 0 atom stereocenters. The summed E-state index contributed by atoms with van der Waals surface area (Å²) in [5, 5.41) is 9.30. The molecule has 0 aliphatic carbocycles. The molecule has 0 saturated carbocycles. The molecular formula is C9H9Cl2NO3S. The quantitative estimate of drug-likeness (QED) is 0.891. The highest BCUT2D eigenvalue weighted by Crippen LogP contribution is 2.32. The number of hydrogen-bond donors (Lipinski definition) is 1. The number of aliphatic hydroxyl groups is 1. The van der Waals surface area contributed by atoms with Crippen LogP contribution in [0.2, 0.25) is 10.0 Å². The smallest absolute Gasteiger partial charge is 0.244 e. The second kappa shape index (κ2) is 4.16. The number of halogens is 2. The molecule has 88 valence electrons. The summed E-state index contributed by atoms with van der Waals surface area (Å²) in [5.74, 6) is 0. The van der Waals surface area contributed by atoms with Gasteiger partial charge in [0.25, 0.3) is 0 Å². The minimum absolute atomic E-state index is 0.0190. The zero-order chi connectivity index (χ0) is 11.9. The Morgan fingerprint density at radius 2 is 1.94 bits per heavy atom. The van der Waals surface area contributed by atoms with Crippen molar-refractivity contribution in [1.82, 2.24) is 4.31 Å². The summed E-state index contributed by atoms with van der Waals surface area (Å²) in [5.41, 5.74) is 0. The summed E-state index contributed by atoms with van der Waals surface area (Å²) >= 11 is 11.6. The summed E-state index contributed by atoms with van der Waals surface area (Å²) in [6.07, 6.45) is -0.590. The monoisotopic (exact) mass is 281 g/mol. The summed E-state index contributed by atoms with van der Waals surface area (Å²) in [7, 11) is -3.63. The maximum absolute atomic E-state index is 12.0. The van der Waals surface area contributed by atoms with Gasteiger partial charge in [-0.2, -0.15) is 4.31 Å². The summed E-state index contributed by atoms with van der Waals surface area (Å²) in [6, 6.07) is 4.44. The predicted octanol–water partition coefficient (Wildman–Crippen LogP) is 1.36. The molecule has 4 nitrogen and oxygen atoms in total. The Bertz CT molecular complexity index is 511. The highest BCUT2D eigenvalue weighted by Gasteiger charge is 2.36. The largest absolute Gasteiger partial charge is 0.390 e. The van der Waals surface area contributed by atoms with Crippen LogP contribution in [-0.4, -0.2) is 37.0 Å². The van der Waals surface area contributed by atoms with Crippen LogP contribution in [0.15, 0.2) is 23.1 Å². The molecular weight excluding hydrogens is 273 g/mol. The van der Waals surface area contributed by atoms with Gasteiger partial charge < -0.3 is 5.11 Å². The van der Waals surface area contributed by atoms with Crippen LogP contribution in [0, 0.1) is 0 Å². The lowest BCUT2D eigenvalue weighted by Gasteiger charge is -2.34. The van der Waals surface area contributed by atoms with Gasteiger partial charge >= 0.3 is 0 Å². The predicted molar refractivity (Wildman–Crippen MR) is 61.2 cm³/mol. The van der Waals surface area contributed by atoms with Gasteiger partial charge in [0, 0.05) is 13.1 Å². The van der Waals surface area contributed by atoms with Gasteiger partial charge in [-0.1, -0.05) is 29.3 Å². The van der Waals surface area contributed by atoms with Crippen LogP contribution >= 0.6 is 23.2 Å². The Labute approximate surface area is 103 Å². The van der Waals surface area contributed by atoms with Gasteiger partial charge in [-0.25, -0.2) is 8.42 Å².